The van der Waals surface area contributed by atoms with Crippen LogP contribution in [0.4, 0.5) is 5.82 Å². The number of imidazole rings is 1. The smallest absolute Gasteiger partial charge is 0.167 e. The Labute approximate surface area is 168 Å². The number of rotatable bonds is 4. The Hall–Kier alpha value is -1.62. The molecule has 0 unspecified atom stereocenters. The number of anilines is 1. The van der Waals surface area contributed by atoms with Crippen LogP contribution in [0.5, 0.6) is 0 Å². The van der Waals surface area contributed by atoms with Crippen LogP contribution in [0.15, 0.2) is 35.7 Å². The zero-order chi connectivity index (χ0) is 19.1. The van der Waals surface area contributed by atoms with Gasteiger partial charge in [0, 0.05) is 10.6 Å². The van der Waals surface area contributed by atoms with Gasteiger partial charge in [-0.25, -0.2) is 15.0 Å². The first-order chi connectivity index (χ1) is 13.0. The lowest BCUT2D eigenvalue weighted by atomic mass is 10.1. The second-order valence-electron chi connectivity index (χ2n) is 6.02. The maximum atomic E-state index is 10.5. The summed E-state index contributed by atoms with van der Waals surface area (Å²) in [5, 5.41) is 21.8. The van der Waals surface area contributed by atoms with Gasteiger partial charge in [0.05, 0.1) is 22.5 Å². The Kier molecular flexibility index (Phi) is 5.15. The van der Waals surface area contributed by atoms with Crippen LogP contribution in [0, 0.1) is 0 Å². The van der Waals surface area contributed by atoms with Crippen molar-refractivity contribution in [1.82, 2.24) is 19.5 Å². The quantitative estimate of drug-likeness (QED) is 0.541. The zero-order valence-corrected chi connectivity index (χ0v) is 16.1. The average Bonchev–Trinajstić information content (AvgIpc) is 3.19. The first kappa shape index (κ1) is 18.7. The van der Waals surface area contributed by atoms with Crippen molar-refractivity contribution < 1.29 is 14.9 Å². The molecule has 1 aliphatic rings. The minimum Gasteiger partial charge on any atom is -0.387 e. The topological polar surface area (TPSA) is 119 Å². The molecule has 0 spiro atoms. The Bertz CT molecular complexity index is 988. The van der Waals surface area contributed by atoms with E-state index < -0.39 is 24.5 Å². The second-order valence-corrected chi connectivity index (χ2v) is 7.92. The summed E-state index contributed by atoms with van der Waals surface area (Å²) in [7, 11) is 0. The highest BCUT2D eigenvalue weighted by Gasteiger charge is 2.44. The third-order valence-electron chi connectivity index (χ3n) is 4.30. The number of hydrogen-bond acceptors (Lipinski definition) is 8. The fourth-order valence-corrected chi connectivity index (χ4v) is 4.26. The molecule has 0 saturated carbocycles. The van der Waals surface area contributed by atoms with E-state index in [1.807, 2.05) is 6.07 Å². The Balaban J connectivity index is 1.52. The fraction of sp³-hybridized carbons (Fsp3) is 0.312. The number of aliphatic hydroxyl groups is 2. The molecule has 3 aromatic rings. The number of fused-ring (bicyclic) bond motifs is 1. The van der Waals surface area contributed by atoms with Gasteiger partial charge in [0.25, 0.3) is 0 Å². The van der Waals surface area contributed by atoms with Gasteiger partial charge in [-0.1, -0.05) is 23.2 Å². The number of thioether (sulfide) groups is 1. The average molecular weight is 428 g/mol. The standard InChI is InChI=1S/C16H15Cl2N5O3S/c17-8-2-1-7(3-9(8)18)27-4-10-12(24)13(25)16(26-10)23-6-22-11-14(19)20-5-21-15(11)23/h1-3,5-6,10,12-13,16,24-25H,4H2,(H2,19,20,21)/t10-,12-,13-,16-/m1/s1. The number of nitrogens with zero attached hydrogens (tertiary/aromatic N) is 4. The Morgan fingerprint density at radius 1 is 1.15 bits per heavy atom. The van der Waals surface area contributed by atoms with Crippen LogP contribution < -0.4 is 5.73 Å². The number of ether oxygens (including phenoxy) is 1. The molecule has 3 heterocycles. The van der Waals surface area contributed by atoms with E-state index in [1.54, 1.807) is 16.7 Å². The van der Waals surface area contributed by atoms with Gasteiger partial charge >= 0.3 is 0 Å². The van der Waals surface area contributed by atoms with Gasteiger partial charge in [-0.2, -0.15) is 0 Å². The van der Waals surface area contributed by atoms with Gasteiger partial charge in [0.15, 0.2) is 17.7 Å². The molecule has 4 atom stereocenters. The number of nitrogens with two attached hydrogens (primary N) is 1. The number of hydrogen-bond donors (Lipinski definition) is 3. The van der Waals surface area contributed by atoms with Crippen molar-refractivity contribution >= 4 is 51.9 Å². The maximum Gasteiger partial charge on any atom is 0.167 e. The minimum absolute atomic E-state index is 0.235. The lowest BCUT2D eigenvalue weighted by Crippen LogP contribution is -2.32. The first-order valence-corrected chi connectivity index (χ1v) is 9.72. The number of benzene rings is 1. The van der Waals surface area contributed by atoms with Crippen molar-refractivity contribution in [2.24, 2.45) is 0 Å². The monoisotopic (exact) mass is 427 g/mol. The van der Waals surface area contributed by atoms with Crippen LogP contribution in [0.25, 0.3) is 11.2 Å². The molecule has 11 heteroatoms. The lowest BCUT2D eigenvalue weighted by molar-refractivity contribution is -0.0289. The van der Waals surface area contributed by atoms with E-state index in [9.17, 15) is 10.2 Å². The van der Waals surface area contributed by atoms with Gasteiger partial charge in [-0.3, -0.25) is 4.57 Å². The SMILES string of the molecule is Nc1ncnc2c1ncn2[C@@H]1O[C@H](CSc2ccc(Cl)c(Cl)c2)[C@@H](O)[C@H]1O. The summed E-state index contributed by atoms with van der Waals surface area (Å²) in [6, 6.07) is 5.28. The van der Waals surface area contributed by atoms with Crippen molar-refractivity contribution in [1.29, 1.82) is 0 Å². The van der Waals surface area contributed by atoms with Crippen molar-refractivity contribution in [3.05, 3.63) is 40.9 Å². The predicted octanol–water partition coefficient (Wildman–Crippen LogP) is 2.13. The molecule has 0 aliphatic carbocycles. The molecule has 2 aromatic heterocycles. The van der Waals surface area contributed by atoms with Gasteiger partial charge in [-0.15, -0.1) is 11.8 Å². The van der Waals surface area contributed by atoms with Crippen molar-refractivity contribution in [2.75, 3.05) is 11.5 Å². The van der Waals surface area contributed by atoms with Crippen LogP contribution in [-0.4, -0.2) is 53.8 Å². The van der Waals surface area contributed by atoms with Crippen LogP contribution in [0.1, 0.15) is 6.23 Å². The van der Waals surface area contributed by atoms with E-state index in [2.05, 4.69) is 15.0 Å². The summed E-state index contributed by atoms with van der Waals surface area (Å²) in [4.78, 5) is 13.1. The molecule has 27 heavy (non-hydrogen) atoms. The highest BCUT2D eigenvalue weighted by atomic mass is 35.5. The normalized spacial score (nSPS) is 25.3. The molecule has 1 aromatic carbocycles. The molecular formula is C16H15Cl2N5O3S. The van der Waals surface area contributed by atoms with E-state index in [-0.39, 0.29) is 5.82 Å². The van der Waals surface area contributed by atoms with E-state index in [1.165, 1.54) is 24.4 Å². The largest absolute Gasteiger partial charge is 0.387 e. The number of aromatic nitrogens is 4. The summed E-state index contributed by atoms with van der Waals surface area (Å²) in [6.07, 6.45) is -0.865. The van der Waals surface area contributed by atoms with Gasteiger partial charge < -0.3 is 20.7 Å². The van der Waals surface area contributed by atoms with Crippen molar-refractivity contribution in [3.63, 3.8) is 0 Å². The summed E-state index contributed by atoms with van der Waals surface area (Å²) >= 11 is 13.4. The molecule has 4 rings (SSSR count). The lowest BCUT2D eigenvalue weighted by Gasteiger charge is -2.16. The Morgan fingerprint density at radius 2 is 1.96 bits per heavy atom. The molecule has 0 amide bonds. The molecule has 1 fully saturated rings. The highest BCUT2D eigenvalue weighted by Crippen LogP contribution is 2.35. The third kappa shape index (κ3) is 3.46. The highest BCUT2D eigenvalue weighted by molar-refractivity contribution is 7.99. The van der Waals surface area contributed by atoms with E-state index in [4.69, 9.17) is 33.7 Å². The molecule has 1 saturated heterocycles. The summed E-state index contributed by atoms with van der Waals surface area (Å²) in [6.45, 7) is 0. The van der Waals surface area contributed by atoms with Gasteiger partial charge in [0.2, 0.25) is 0 Å². The van der Waals surface area contributed by atoms with Crippen molar-refractivity contribution in [3.8, 4) is 0 Å². The Morgan fingerprint density at radius 3 is 2.74 bits per heavy atom. The van der Waals surface area contributed by atoms with Gasteiger partial charge in [0.1, 0.15) is 24.1 Å². The molecular weight excluding hydrogens is 413 g/mol. The summed E-state index contributed by atoms with van der Waals surface area (Å²) < 4.78 is 7.44. The first-order valence-electron chi connectivity index (χ1n) is 7.98. The minimum atomic E-state index is -1.14. The van der Waals surface area contributed by atoms with Crippen LogP contribution in [-0.2, 0) is 4.74 Å². The number of halogens is 2. The van der Waals surface area contributed by atoms with Gasteiger partial charge in [-0.05, 0) is 18.2 Å². The maximum absolute atomic E-state index is 10.5. The molecule has 8 nitrogen and oxygen atoms in total. The molecule has 4 N–H and O–H groups in total. The molecule has 1 aliphatic heterocycles. The van der Waals surface area contributed by atoms with E-state index in [0.29, 0.717) is 27.0 Å². The van der Waals surface area contributed by atoms with Crippen molar-refractivity contribution in [2.45, 2.75) is 29.4 Å². The predicted molar refractivity (Wildman–Crippen MR) is 103 cm³/mol. The van der Waals surface area contributed by atoms with E-state index in [0.717, 1.165) is 4.90 Å². The summed E-state index contributed by atoms with van der Waals surface area (Å²) in [5.41, 5.74) is 6.63. The number of nitrogen functional groups attached to an aromatic ring is 1. The molecule has 0 radical (unpaired) electrons. The second kappa shape index (κ2) is 7.42. The van der Waals surface area contributed by atoms with Crippen LogP contribution in [0.2, 0.25) is 10.0 Å². The van der Waals surface area contributed by atoms with E-state index >= 15 is 0 Å². The summed E-state index contributed by atoms with van der Waals surface area (Å²) in [5.74, 6) is 0.648. The van der Waals surface area contributed by atoms with Crippen LogP contribution in [0.3, 0.4) is 0 Å². The van der Waals surface area contributed by atoms with Crippen LogP contribution >= 0.6 is 35.0 Å². The number of aliphatic hydroxyl groups excluding tert-OH is 2. The molecule has 142 valence electrons. The fourth-order valence-electron chi connectivity index (χ4n) is 2.90. The molecule has 0 bridgehead atoms. The third-order valence-corrected chi connectivity index (χ3v) is 6.13. The zero-order valence-electron chi connectivity index (χ0n) is 13.7.